The van der Waals surface area contributed by atoms with Gasteiger partial charge in [0.2, 0.25) is 0 Å². The second kappa shape index (κ2) is 6.20. The summed E-state index contributed by atoms with van der Waals surface area (Å²) in [4.78, 5) is 0. The third-order valence-electron chi connectivity index (χ3n) is 1.95. The van der Waals surface area contributed by atoms with E-state index in [0.717, 1.165) is 24.4 Å². The summed E-state index contributed by atoms with van der Waals surface area (Å²) in [5.41, 5.74) is 1.66. The monoisotopic (exact) mass is 222 g/mol. The van der Waals surface area contributed by atoms with Crippen molar-refractivity contribution in [2.45, 2.75) is 6.42 Å². The van der Waals surface area contributed by atoms with Crippen molar-refractivity contribution in [1.82, 2.24) is 0 Å². The quantitative estimate of drug-likeness (QED) is 0.772. The Morgan fingerprint density at radius 1 is 1.40 bits per heavy atom. The highest BCUT2D eigenvalue weighted by molar-refractivity contribution is 7.84. The van der Waals surface area contributed by atoms with Crippen molar-refractivity contribution >= 4 is 16.5 Å². The van der Waals surface area contributed by atoms with Crippen LogP contribution in [0.5, 0.6) is 0 Å². The van der Waals surface area contributed by atoms with Crippen LogP contribution in [0.15, 0.2) is 24.3 Å². The van der Waals surface area contributed by atoms with Gasteiger partial charge in [0, 0.05) is 35.0 Å². The molecule has 0 saturated heterocycles. The molecule has 1 aromatic carbocycles. The van der Waals surface area contributed by atoms with Crippen molar-refractivity contribution in [2.24, 2.45) is 0 Å². The van der Waals surface area contributed by atoms with Gasteiger partial charge in [-0.2, -0.15) is 5.26 Å². The molecule has 0 heterocycles. The average molecular weight is 222 g/mol. The summed E-state index contributed by atoms with van der Waals surface area (Å²) in [5.74, 6) is 0.725. The van der Waals surface area contributed by atoms with Crippen LogP contribution < -0.4 is 5.32 Å². The van der Waals surface area contributed by atoms with Gasteiger partial charge in [0.15, 0.2) is 0 Å². The van der Waals surface area contributed by atoms with E-state index in [1.165, 1.54) is 0 Å². The summed E-state index contributed by atoms with van der Waals surface area (Å²) in [6, 6.07) is 9.38. The molecule has 80 valence electrons. The van der Waals surface area contributed by atoms with Crippen LogP contribution in [-0.4, -0.2) is 22.8 Å². The molecule has 4 heteroatoms. The first-order chi connectivity index (χ1) is 7.22. The summed E-state index contributed by atoms with van der Waals surface area (Å²) in [6.07, 6.45) is 2.60. The lowest BCUT2D eigenvalue weighted by atomic mass is 10.2. The normalized spacial score (nSPS) is 11.7. The minimum absolute atomic E-state index is 0.662. The zero-order valence-corrected chi connectivity index (χ0v) is 9.51. The summed E-state index contributed by atoms with van der Waals surface area (Å²) in [5, 5.41) is 11.8. The van der Waals surface area contributed by atoms with Gasteiger partial charge in [-0.1, -0.05) is 0 Å². The van der Waals surface area contributed by atoms with Gasteiger partial charge < -0.3 is 5.32 Å². The van der Waals surface area contributed by atoms with Gasteiger partial charge in [0.1, 0.15) is 0 Å². The Hall–Kier alpha value is -1.34. The molecule has 0 aromatic heterocycles. The van der Waals surface area contributed by atoms with E-state index >= 15 is 0 Å². The number of nitriles is 1. The molecule has 3 nitrogen and oxygen atoms in total. The molecule has 1 atom stereocenters. The maximum Gasteiger partial charge on any atom is 0.0991 e. The van der Waals surface area contributed by atoms with Crippen molar-refractivity contribution in [3.05, 3.63) is 29.8 Å². The Balaban J connectivity index is 2.32. The lowest BCUT2D eigenvalue weighted by Gasteiger charge is -2.04. The van der Waals surface area contributed by atoms with Crippen LogP contribution in [0.1, 0.15) is 12.0 Å². The fourth-order valence-corrected chi connectivity index (χ4v) is 1.72. The van der Waals surface area contributed by atoms with Crippen LogP contribution in [0, 0.1) is 11.3 Å². The first-order valence-corrected chi connectivity index (χ1v) is 6.49. The molecule has 0 saturated carbocycles. The predicted octanol–water partition coefficient (Wildman–Crippen LogP) is 1.74. The first-order valence-electron chi connectivity index (χ1n) is 4.76. The highest BCUT2D eigenvalue weighted by atomic mass is 32.2. The fourth-order valence-electron chi connectivity index (χ4n) is 1.17. The highest BCUT2D eigenvalue weighted by Crippen LogP contribution is 2.08. The maximum absolute atomic E-state index is 10.8. The standard InChI is InChI=1S/C11H14N2OS/c1-15(14)8-2-7-13-11-5-3-10(9-12)4-6-11/h3-6,13H,2,7-8H2,1H3. The number of anilines is 1. The van der Waals surface area contributed by atoms with E-state index in [-0.39, 0.29) is 0 Å². The van der Waals surface area contributed by atoms with Crippen molar-refractivity contribution < 1.29 is 4.21 Å². The molecule has 0 amide bonds. The molecule has 0 radical (unpaired) electrons. The van der Waals surface area contributed by atoms with Crippen LogP contribution >= 0.6 is 0 Å². The Bertz CT molecular complexity index is 367. The highest BCUT2D eigenvalue weighted by Gasteiger charge is 1.94. The zero-order chi connectivity index (χ0) is 11.1. The van der Waals surface area contributed by atoms with Crippen LogP contribution in [0.2, 0.25) is 0 Å². The molecule has 1 rings (SSSR count). The van der Waals surface area contributed by atoms with Crippen molar-refractivity contribution in [3.63, 3.8) is 0 Å². The third-order valence-corrected chi connectivity index (χ3v) is 2.82. The molecule has 1 unspecified atom stereocenters. The molecule has 0 spiro atoms. The van der Waals surface area contributed by atoms with Gasteiger partial charge >= 0.3 is 0 Å². The Labute approximate surface area is 92.6 Å². The Morgan fingerprint density at radius 2 is 2.07 bits per heavy atom. The van der Waals surface area contributed by atoms with E-state index in [4.69, 9.17) is 5.26 Å². The molecular weight excluding hydrogens is 208 g/mol. The van der Waals surface area contributed by atoms with E-state index < -0.39 is 10.8 Å². The van der Waals surface area contributed by atoms with Crippen molar-refractivity contribution in [3.8, 4) is 6.07 Å². The lowest BCUT2D eigenvalue weighted by molar-refractivity contribution is 0.685. The van der Waals surface area contributed by atoms with Gasteiger partial charge in [0.25, 0.3) is 0 Å². The Kier molecular flexibility index (Phi) is 4.85. The first kappa shape index (κ1) is 11.7. The number of nitrogens with zero attached hydrogens (tertiary/aromatic N) is 1. The van der Waals surface area contributed by atoms with Gasteiger partial charge in [-0.15, -0.1) is 0 Å². The predicted molar refractivity (Wildman–Crippen MR) is 63.2 cm³/mol. The van der Waals surface area contributed by atoms with Crippen LogP contribution in [0.25, 0.3) is 0 Å². The number of rotatable bonds is 5. The van der Waals surface area contributed by atoms with Gasteiger partial charge in [-0.3, -0.25) is 4.21 Å². The number of benzene rings is 1. The largest absolute Gasteiger partial charge is 0.385 e. The molecular formula is C11H14N2OS. The summed E-state index contributed by atoms with van der Waals surface area (Å²) in [6.45, 7) is 0.811. The third kappa shape index (κ3) is 4.61. The maximum atomic E-state index is 10.8. The molecule has 0 aliphatic carbocycles. The second-order valence-electron chi connectivity index (χ2n) is 3.25. The fraction of sp³-hybridized carbons (Fsp3) is 0.364. The van der Waals surface area contributed by atoms with E-state index in [0.29, 0.717) is 5.56 Å². The zero-order valence-electron chi connectivity index (χ0n) is 8.69. The average Bonchev–Trinajstić information content (AvgIpc) is 2.25. The van der Waals surface area contributed by atoms with Crippen molar-refractivity contribution in [1.29, 1.82) is 5.26 Å². The molecule has 0 aliphatic heterocycles. The molecule has 0 aliphatic rings. The molecule has 0 fully saturated rings. The van der Waals surface area contributed by atoms with Gasteiger partial charge in [-0.05, 0) is 30.7 Å². The minimum atomic E-state index is -0.712. The van der Waals surface area contributed by atoms with Gasteiger partial charge in [-0.25, -0.2) is 0 Å². The van der Waals surface area contributed by atoms with E-state index in [1.54, 1.807) is 18.4 Å². The number of hydrogen-bond donors (Lipinski definition) is 1. The smallest absolute Gasteiger partial charge is 0.0991 e. The topological polar surface area (TPSA) is 52.9 Å². The molecule has 1 aromatic rings. The molecule has 0 bridgehead atoms. The SMILES string of the molecule is CS(=O)CCCNc1ccc(C#N)cc1. The minimum Gasteiger partial charge on any atom is -0.385 e. The van der Waals surface area contributed by atoms with E-state index in [2.05, 4.69) is 11.4 Å². The summed E-state index contributed by atoms with van der Waals surface area (Å²) in [7, 11) is -0.712. The molecule has 15 heavy (non-hydrogen) atoms. The Morgan fingerprint density at radius 3 is 2.60 bits per heavy atom. The van der Waals surface area contributed by atoms with E-state index in [1.807, 2.05) is 12.1 Å². The van der Waals surface area contributed by atoms with Crippen LogP contribution in [0.4, 0.5) is 5.69 Å². The van der Waals surface area contributed by atoms with Crippen LogP contribution in [0.3, 0.4) is 0 Å². The molecule has 1 N–H and O–H groups in total. The van der Waals surface area contributed by atoms with Gasteiger partial charge in [0.05, 0.1) is 11.6 Å². The number of hydrogen-bond acceptors (Lipinski definition) is 3. The summed E-state index contributed by atoms with van der Waals surface area (Å²) >= 11 is 0. The van der Waals surface area contributed by atoms with Crippen LogP contribution in [-0.2, 0) is 10.8 Å². The van der Waals surface area contributed by atoms with Crippen molar-refractivity contribution in [2.75, 3.05) is 23.9 Å². The summed E-state index contributed by atoms with van der Waals surface area (Å²) < 4.78 is 10.8. The van der Waals surface area contributed by atoms with E-state index in [9.17, 15) is 4.21 Å². The second-order valence-corrected chi connectivity index (χ2v) is 4.80. The number of nitrogens with one attached hydrogen (secondary N) is 1. The lowest BCUT2D eigenvalue weighted by Crippen LogP contribution is -2.05.